The van der Waals surface area contributed by atoms with E-state index in [1.165, 1.54) is 12.1 Å². The van der Waals surface area contributed by atoms with Crippen LogP contribution in [0.4, 0.5) is 8.78 Å². The molecule has 2 rings (SSSR count). The molecule has 1 unspecified atom stereocenters. The van der Waals surface area contributed by atoms with Crippen molar-refractivity contribution in [3.8, 4) is 0 Å². The summed E-state index contributed by atoms with van der Waals surface area (Å²) in [5.74, 6) is -1.15. The van der Waals surface area contributed by atoms with E-state index in [0.29, 0.717) is 12.0 Å². The van der Waals surface area contributed by atoms with Crippen molar-refractivity contribution < 1.29 is 8.78 Å². The molecule has 88 valence electrons. The van der Waals surface area contributed by atoms with Crippen LogP contribution in [0.15, 0.2) is 42.7 Å². The van der Waals surface area contributed by atoms with E-state index in [1.54, 1.807) is 18.5 Å². The van der Waals surface area contributed by atoms with Crippen molar-refractivity contribution in [2.24, 2.45) is 5.73 Å². The van der Waals surface area contributed by atoms with Crippen LogP contribution in [0.5, 0.6) is 0 Å². The van der Waals surface area contributed by atoms with Gasteiger partial charge < -0.3 is 5.73 Å². The molecule has 0 aliphatic heterocycles. The van der Waals surface area contributed by atoms with E-state index in [4.69, 9.17) is 5.73 Å². The first-order valence-corrected chi connectivity index (χ1v) is 5.26. The minimum Gasteiger partial charge on any atom is -0.324 e. The zero-order valence-electron chi connectivity index (χ0n) is 9.11. The maximum absolute atomic E-state index is 13.4. The van der Waals surface area contributed by atoms with Gasteiger partial charge in [-0.15, -0.1) is 0 Å². The molecule has 0 amide bonds. The fraction of sp³-hybridized carbons (Fsp3) is 0.154. The number of nitrogens with zero attached hydrogens (tertiary/aromatic N) is 1. The predicted molar refractivity (Wildman–Crippen MR) is 61.2 cm³/mol. The van der Waals surface area contributed by atoms with E-state index in [-0.39, 0.29) is 6.04 Å². The fourth-order valence-corrected chi connectivity index (χ4v) is 1.64. The summed E-state index contributed by atoms with van der Waals surface area (Å²) in [5, 5.41) is 0. The van der Waals surface area contributed by atoms with Crippen LogP contribution in [0.2, 0.25) is 0 Å². The van der Waals surface area contributed by atoms with E-state index in [2.05, 4.69) is 4.98 Å². The summed E-state index contributed by atoms with van der Waals surface area (Å²) in [6.07, 6.45) is 3.61. The summed E-state index contributed by atoms with van der Waals surface area (Å²) in [4.78, 5) is 3.95. The predicted octanol–water partition coefficient (Wildman–Crippen LogP) is 2.60. The first-order valence-electron chi connectivity index (χ1n) is 5.26. The van der Waals surface area contributed by atoms with Gasteiger partial charge in [-0.25, -0.2) is 8.78 Å². The molecule has 17 heavy (non-hydrogen) atoms. The smallest absolute Gasteiger partial charge is 0.129 e. The van der Waals surface area contributed by atoms with E-state index < -0.39 is 11.6 Å². The summed E-state index contributed by atoms with van der Waals surface area (Å²) < 4.78 is 26.1. The highest BCUT2D eigenvalue weighted by Gasteiger charge is 2.10. The number of hydrogen-bond acceptors (Lipinski definition) is 2. The molecule has 2 N–H and O–H groups in total. The Morgan fingerprint density at radius 1 is 1.24 bits per heavy atom. The number of rotatable bonds is 3. The van der Waals surface area contributed by atoms with Crippen LogP contribution >= 0.6 is 0 Å². The molecule has 0 spiro atoms. The average Bonchev–Trinajstić information content (AvgIpc) is 2.34. The third-order valence-electron chi connectivity index (χ3n) is 2.57. The van der Waals surface area contributed by atoms with Gasteiger partial charge >= 0.3 is 0 Å². The van der Waals surface area contributed by atoms with Gasteiger partial charge in [-0.1, -0.05) is 12.1 Å². The normalized spacial score (nSPS) is 12.4. The van der Waals surface area contributed by atoms with Gasteiger partial charge in [-0.2, -0.15) is 0 Å². The average molecular weight is 234 g/mol. The number of halogens is 2. The molecule has 0 aliphatic carbocycles. The Morgan fingerprint density at radius 3 is 2.71 bits per heavy atom. The van der Waals surface area contributed by atoms with Crippen LogP contribution in [0.3, 0.4) is 0 Å². The molecular weight excluding hydrogens is 222 g/mol. The molecule has 0 bridgehead atoms. The maximum atomic E-state index is 13.4. The standard InChI is InChI=1S/C13H12F2N2/c14-11-4-3-9(12(15)7-11)6-13(16)10-2-1-5-17-8-10/h1-5,7-8,13H,6,16H2. The molecule has 0 aliphatic rings. The molecule has 0 fully saturated rings. The van der Waals surface area contributed by atoms with Gasteiger partial charge in [0.25, 0.3) is 0 Å². The summed E-state index contributed by atoms with van der Waals surface area (Å²) in [6.45, 7) is 0. The highest BCUT2D eigenvalue weighted by atomic mass is 19.1. The van der Waals surface area contributed by atoms with Crippen LogP contribution in [0, 0.1) is 11.6 Å². The van der Waals surface area contributed by atoms with Gasteiger partial charge in [-0.3, -0.25) is 4.98 Å². The van der Waals surface area contributed by atoms with Crippen LogP contribution in [-0.2, 0) is 6.42 Å². The van der Waals surface area contributed by atoms with Crippen LogP contribution in [0.25, 0.3) is 0 Å². The molecular formula is C13H12F2N2. The molecule has 1 atom stereocenters. The number of hydrogen-bond donors (Lipinski definition) is 1. The van der Waals surface area contributed by atoms with Crippen molar-refractivity contribution in [3.63, 3.8) is 0 Å². The molecule has 1 aromatic carbocycles. The topological polar surface area (TPSA) is 38.9 Å². The lowest BCUT2D eigenvalue weighted by molar-refractivity contribution is 0.563. The van der Waals surface area contributed by atoms with Crippen molar-refractivity contribution in [1.82, 2.24) is 4.98 Å². The van der Waals surface area contributed by atoms with E-state index >= 15 is 0 Å². The zero-order chi connectivity index (χ0) is 12.3. The lowest BCUT2D eigenvalue weighted by atomic mass is 10.0. The molecule has 1 aromatic heterocycles. The number of nitrogens with two attached hydrogens (primary N) is 1. The second-order valence-corrected chi connectivity index (χ2v) is 3.83. The van der Waals surface area contributed by atoms with E-state index in [1.807, 2.05) is 6.07 Å². The van der Waals surface area contributed by atoms with Crippen LogP contribution < -0.4 is 5.73 Å². The minimum absolute atomic E-state index is 0.317. The van der Waals surface area contributed by atoms with E-state index in [0.717, 1.165) is 11.6 Å². The lowest BCUT2D eigenvalue weighted by Crippen LogP contribution is -2.14. The van der Waals surface area contributed by atoms with Crippen LogP contribution in [0.1, 0.15) is 17.2 Å². The third-order valence-corrected chi connectivity index (χ3v) is 2.57. The number of aromatic nitrogens is 1. The summed E-state index contributed by atoms with van der Waals surface area (Å²) >= 11 is 0. The molecule has 0 radical (unpaired) electrons. The van der Waals surface area contributed by atoms with E-state index in [9.17, 15) is 8.78 Å². The molecule has 0 saturated carbocycles. The maximum Gasteiger partial charge on any atom is 0.129 e. The molecule has 0 saturated heterocycles. The van der Waals surface area contributed by atoms with Crippen molar-refractivity contribution in [3.05, 3.63) is 65.5 Å². The Kier molecular flexibility index (Phi) is 3.44. The van der Waals surface area contributed by atoms with Gasteiger partial charge in [0.1, 0.15) is 11.6 Å². The second kappa shape index (κ2) is 5.01. The zero-order valence-corrected chi connectivity index (χ0v) is 9.11. The summed E-state index contributed by atoms with van der Waals surface area (Å²) in [7, 11) is 0. The monoisotopic (exact) mass is 234 g/mol. The first-order chi connectivity index (χ1) is 8.16. The Balaban J connectivity index is 2.16. The van der Waals surface area contributed by atoms with Crippen molar-refractivity contribution in [2.45, 2.75) is 12.5 Å². The lowest BCUT2D eigenvalue weighted by Gasteiger charge is -2.12. The van der Waals surface area contributed by atoms with Gasteiger partial charge in [0.15, 0.2) is 0 Å². The summed E-state index contributed by atoms with van der Waals surface area (Å²) in [6, 6.07) is 6.78. The van der Waals surface area contributed by atoms with Gasteiger partial charge in [0.2, 0.25) is 0 Å². The largest absolute Gasteiger partial charge is 0.324 e. The molecule has 1 heterocycles. The van der Waals surface area contributed by atoms with Gasteiger partial charge in [0, 0.05) is 24.5 Å². The van der Waals surface area contributed by atoms with Gasteiger partial charge in [0.05, 0.1) is 0 Å². The minimum atomic E-state index is -0.582. The highest BCUT2D eigenvalue weighted by Crippen LogP contribution is 2.18. The SMILES string of the molecule is NC(Cc1ccc(F)cc1F)c1cccnc1. The molecule has 2 nitrogen and oxygen atoms in total. The second-order valence-electron chi connectivity index (χ2n) is 3.83. The quantitative estimate of drug-likeness (QED) is 0.886. The van der Waals surface area contributed by atoms with Crippen LogP contribution in [-0.4, -0.2) is 4.98 Å². The Morgan fingerprint density at radius 2 is 2.06 bits per heavy atom. The molecule has 4 heteroatoms. The Labute approximate surface area is 98.1 Å². The first kappa shape index (κ1) is 11.7. The fourth-order valence-electron chi connectivity index (χ4n) is 1.64. The number of benzene rings is 1. The Bertz CT molecular complexity index is 500. The highest BCUT2D eigenvalue weighted by molar-refractivity contribution is 5.23. The van der Waals surface area contributed by atoms with Crippen molar-refractivity contribution in [1.29, 1.82) is 0 Å². The molecule has 2 aromatic rings. The number of pyridine rings is 1. The Hall–Kier alpha value is -1.81. The van der Waals surface area contributed by atoms with Gasteiger partial charge in [-0.05, 0) is 29.7 Å². The third kappa shape index (κ3) is 2.85. The van der Waals surface area contributed by atoms with Crippen molar-refractivity contribution in [2.75, 3.05) is 0 Å². The van der Waals surface area contributed by atoms with Crippen molar-refractivity contribution >= 4 is 0 Å². The summed E-state index contributed by atoms with van der Waals surface area (Å²) in [5.41, 5.74) is 7.17.